The van der Waals surface area contributed by atoms with Crippen LogP contribution in [0.4, 0.5) is 4.39 Å². The molecule has 0 aliphatic carbocycles. The number of likely N-dealkylation sites (tertiary alicyclic amines) is 1. The number of hydrogen-bond donors (Lipinski definition) is 1. The van der Waals surface area contributed by atoms with E-state index in [0.717, 1.165) is 0 Å². The van der Waals surface area contributed by atoms with Crippen molar-refractivity contribution in [1.82, 2.24) is 4.90 Å². The first-order chi connectivity index (χ1) is 14.4. The minimum absolute atomic E-state index is 0.0164. The molecule has 1 atom stereocenters. The number of amides is 1. The van der Waals surface area contributed by atoms with Gasteiger partial charge in [0.05, 0.1) is 18.7 Å². The average molecular weight is 413 g/mol. The average Bonchev–Trinajstić information content (AvgIpc) is 2.99. The van der Waals surface area contributed by atoms with Crippen LogP contribution in [-0.4, -0.2) is 49.1 Å². The molecule has 30 heavy (non-hydrogen) atoms. The second kappa shape index (κ2) is 9.09. The van der Waals surface area contributed by atoms with E-state index in [1.165, 1.54) is 36.3 Å². The first kappa shape index (κ1) is 21.5. The van der Waals surface area contributed by atoms with Gasteiger partial charge in [0.25, 0.3) is 11.7 Å². The van der Waals surface area contributed by atoms with Crippen LogP contribution in [0.1, 0.15) is 29.2 Å². The van der Waals surface area contributed by atoms with E-state index in [2.05, 4.69) is 0 Å². The van der Waals surface area contributed by atoms with Crippen molar-refractivity contribution in [3.05, 3.63) is 70.5 Å². The van der Waals surface area contributed by atoms with Gasteiger partial charge in [-0.05, 0) is 54.8 Å². The van der Waals surface area contributed by atoms with Gasteiger partial charge < -0.3 is 19.5 Å². The first-order valence-electron chi connectivity index (χ1n) is 9.56. The lowest BCUT2D eigenvalue weighted by Crippen LogP contribution is -2.31. The molecule has 7 heteroatoms. The summed E-state index contributed by atoms with van der Waals surface area (Å²) >= 11 is 0. The molecule has 0 radical (unpaired) electrons. The van der Waals surface area contributed by atoms with Crippen molar-refractivity contribution in [3.8, 4) is 5.75 Å². The van der Waals surface area contributed by atoms with Gasteiger partial charge >= 0.3 is 0 Å². The van der Waals surface area contributed by atoms with Crippen molar-refractivity contribution in [3.63, 3.8) is 0 Å². The number of carbonyl (C=O) groups is 2. The molecule has 1 aliphatic heterocycles. The Kier molecular flexibility index (Phi) is 6.52. The van der Waals surface area contributed by atoms with E-state index < -0.39 is 23.5 Å². The minimum atomic E-state index is -0.816. The zero-order valence-corrected chi connectivity index (χ0v) is 17.1. The maximum atomic E-state index is 13.5. The molecule has 1 fully saturated rings. The normalized spacial score (nSPS) is 18.1. The van der Waals surface area contributed by atoms with E-state index >= 15 is 0 Å². The van der Waals surface area contributed by atoms with E-state index in [1.54, 1.807) is 32.2 Å². The Bertz CT molecular complexity index is 984. The molecule has 2 aromatic carbocycles. The second-order valence-corrected chi connectivity index (χ2v) is 7.07. The highest BCUT2D eigenvalue weighted by atomic mass is 19.1. The number of carbonyl (C=O) groups excluding carboxylic acids is 2. The lowest BCUT2D eigenvalue weighted by molar-refractivity contribution is -0.140. The molecule has 158 valence electrons. The number of ether oxygens (including phenoxy) is 2. The number of rotatable bonds is 7. The minimum Gasteiger partial charge on any atom is -0.507 e. The van der Waals surface area contributed by atoms with Gasteiger partial charge in [-0.15, -0.1) is 0 Å². The Morgan fingerprint density at radius 2 is 1.83 bits per heavy atom. The third kappa shape index (κ3) is 4.07. The Balaban J connectivity index is 2.13. The predicted molar refractivity (Wildman–Crippen MR) is 110 cm³/mol. The van der Waals surface area contributed by atoms with Crippen LogP contribution >= 0.6 is 0 Å². The third-order valence-electron chi connectivity index (χ3n) is 5.16. The molecule has 2 aromatic rings. The fourth-order valence-electron chi connectivity index (χ4n) is 3.66. The highest BCUT2D eigenvalue weighted by Crippen LogP contribution is 2.40. The van der Waals surface area contributed by atoms with Crippen molar-refractivity contribution in [2.45, 2.75) is 19.4 Å². The quantitative estimate of drug-likeness (QED) is 0.325. The van der Waals surface area contributed by atoms with Crippen LogP contribution in [0.3, 0.4) is 0 Å². The zero-order valence-electron chi connectivity index (χ0n) is 17.1. The van der Waals surface area contributed by atoms with Crippen LogP contribution < -0.4 is 4.74 Å². The summed E-state index contributed by atoms with van der Waals surface area (Å²) < 4.78 is 23.7. The summed E-state index contributed by atoms with van der Waals surface area (Å²) in [7, 11) is 3.09. The highest BCUT2D eigenvalue weighted by Gasteiger charge is 2.45. The smallest absolute Gasteiger partial charge is 0.295 e. The second-order valence-electron chi connectivity index (χ2n) is 7.07. The standard InChI is InChI=1S/C23H24FNO5/c1-14-13-17(30-3)9-10-18(14)21(26)19-20(15-5-7-16(24)8-6-15)25(11-4-12-29-2)23(28)22(19)27/h5-10,13,20,26H,4,11-12H2,1-3H3/b21-19-. The molecular formula is C23H24FNO5. The number of nitrogens with zero attached hydrogens (tertiary/aromatic N) is 1. The molecule has 0 bridgehead atoms. The maximum absolute atomic E-state index is 13.5. The Morgan fingerprint density at radius 1 is 1.13 bits per heavy atom. The van der Waals surface area contributed by atoms with Gasteiger partial charge in [0, 0.05) is 25.8 Å². The van der Waals surface area contributed by atoms with E-state index in [0.29, 0.717) is 35.5 Å². The highest BCUT2D eigenvalue weighted by molar-refractivity contribution is 6.46. The Labute approximate surface area is 174 Å². The largest absolute Gasteiger partial charge is 0.507 e. The van der Waals surface area contributed by atoms with Gasteiger partial charge in [-0.25, -0.2) is 4.39 Å². The number of aliphatic hydroxyl groups excluding tert-OH is 1. The number of aliphatic hydroxyl groups is 1. The molecule has 3 rings (SSSR count). The number of aryl methyl sites for hydroxylation is 1. The van der Waals surface area contributed by atoms with E-state index in [9.17, 15) is 19.1 Å². The number of Topliss-reactive ketones (excluding diaryl/α,β-unsaturated/α-hetero) is 1. The van der Waals surface area contributed by atoms with Gasteiger partial charge in [-0.2, -0.15) is 0 Å². The summed E-state index contributed by atoms with van der Waals surface area (Å²) in [6.45, 7) is 2.45. The summed E-state index contributed by atoms with van der Waals surface area (Å²) in [6.07, 6.45) is 0.517. The number of ketones is 1. The van der Waals surface area contributed by atoms with Gasteiger partial charge in [0.1, 0.15) is 17.3 Å². The molecule has 0 aromatic heterocycles. The molecule has 1 saturated heterocycles. The van der Waals surface area contributed by atoms with Crippen LogP contribution in [0.2, 0.25) is 0 Å². The van der Waals surface area contributed by atoms with Gasteiger partial charge in [0.2, 0.25) is 0 Å². The Morgan fingerprint density at radius 3 is 2.43 bits per heavy atom. The molecule has 1 heterocycles. The summed E-state index contributed by atoms with van der Waals surface area (Å²) in [6, 6.07) is 9.80. The predicted octanol–water partition coefficient (Wildman–Crippen LogP) is 3.60. The molecule has 1 amide bonds. The molecular weight excluding hydrogens is 389 g/mol. The Hall–Kier alpha value is -3.19. The lowest BCUT2D eigenvalue weighted by atomic mass is 9.94. The number of benzene rings is 2. The van der Waals surface area contributed by atoms with E-state index in [-0.39, 0.29) is 17.9 Å². The van der Waals surface area contributed by atoms with Gasteiger partial charge in [-0.1, -0.05) is 12.1 Å². The number of methoxy groups -OCH3 is 2. The fourth-order valence-corrected chi connectivity index (χ4v) is 3.66. The number of halogens is 1. The summed E-state index contributed by atoms with van der Waals surface area (Å²) in [5.41, 5.74) is 1.64. The fraction of sp³-hybridized carbons (Fsp3) is 0.304. The topological polar surface area (TPSA) is 76.1 Å². The van der Waals surface area contributed by atoms with Crippen molar-refractivity contribution in [2.24, 2.45) is 0 Å². The van der Waals surface area contributed by atoms with E-state index in [1.807, 2.05) is 0 Å². The van der Waals surface area contributed by atoms with Crippen LogP contribution in [0, 0.1) is 12.7 Å². The maximum Gasteiger partial charge on any atom is 0.295 e. The van der Waals surface area contributed by atoms with Crippen LogP contribution in [0.5, 0.6) is 5.75 Å². The molecule has 0 spiro atoms. The monoisotopic (exact) mass is 413 g/mol. The lowest BCUT2D eigenvalue weighted by Gasteiger charge is -2.25. The van der Waals surface area contributed by atoms with Gasteiger partial charge in [-0.3, -0.25) is 9.59 Å². The van der Waals surface area contributed by atoms with Crippen molar-refractivity contribution >= 4 is 17.4 Å². The van der Waals surface area contributed by atoms with Crippen LogP contribution in [-0.2, 0) is 14.3 Å². The van der Waals surface area contributed by atoms with Gasteiger partial charge in [0.15, 0.2) is 0 Å². The molecule has 1 N–H and O–H groups in total. The first-order valence-corrected chi connectivity index (χ1v) is 9.56. The summed E-state index contributed by atoms with van der Waals surface area (Å²) in [5.74, 6) is -1.56. The van der Waals surface area contributed by atoms with Crippen molar-refractivity contribution in [1.29, 1.82) is 0 Å². The van der Waals surface area contributed by atoms with Crippen molar-refractivity contribution in [2.75, 3.05) is 27.4 Å². The van der Waals surface area contributed by atoms with Crippen LogP contribution in [0.25, 0.3) is 5.76 Å². The number of hydrogen-bond acceptors (Lipinski definition) is 5. The summed E-state index contributed by atoms with van der Waals surface area (Å²) in [5, 5.41) is 11.1. The zero-order chi connectivity index (χ0) is 21.8. The molecule has 6 nitrogen and oxygen atoms in total. The molecule has 1 unspecified atom stereocenters. The third-order valence-corrected chi connectivity index (χ3v) is 5.16. The van der Waals surface area contributed by atoms with Crippen LogP contribution in [0.15, 0.2) is 48.0 Å². The SMILES string of the molecule is COCCCN1C(=O)C(=O)/C(=C(\O)c2ccc(OC)cc2C)C1c1ccc(F)cc1. The van der Waals surface area contributed by atoms with E-state index in [4.69, 9.17) is 9.47 Å². The molecule has 0 saturated carbocycles. The van der Waals surface area contributed by atoms with Crippen molar-refractivity contribution < 1.29 is 28.6 Å². The molecule has 1 aliphatic rings. The summed E-state index contributed by atoms with van der Waals surface area (Å²) in [4.78, 5) is 27.1.